The molecule has 0 aliphatic heterocycles. The van der Waals surface area contributed by atoms with E-state index in [0.717, 1.165) is 6.29 Å². The molecule has 0 N–H and O–H groups in total. The van der Waals surface area contributed by atoms with Crippen molar-refractivity contribution < 1.29 is 19.0 Å². The van der Waals surface area contributed by atoms with Crippen LogP contribution < -0.4 is 9.47 Å². The van der Waals surface area contributed by atoms with Crippen molar-refractivity contribution in [2.45, 2.75) is 20.0 Å². The fourth-order valence-electron chi connectivity index (χ4n) is 1.32. The summed E-state index contributed by atoms with van der Waals surface area (Å²) >= 11 is 0. The summed E-state index contributed by atoms with van der Waals surface area (Å²) in [5.41, 5.74) is 0.485. The number of methoxy groups -OCH3 is 1. The standard InChI is InChI=1S/C13H18O4/c1-4-16-12-7-5-6-11(8-14)13(12)17-9-10(2)15-3/h5-8,10H,4,9H2,1-3H3. The van der Waals surface area contributed by atoms with Gasteiger partial charge in [0, 0.05) is 7.11 Å². The van der Waals surface area contributed by atoms with E-state index >= 15 is 0 Å². The highest BCUT2D eigenvalue weighted by atomic mass is 16.5. The van der Waals surface area contributed by atoms with E-state index < -0.39 is 0 Å². The molecular weight excluding hydrogens is 220 g/mol. The van der Waals surface area contributed by atoms with Gasteiger partial charge in [0.25, 0.3) is 0 Å². The summed E-state index contributed by atoms with van der Waals surface area (Å²) in [5, 5.41) is 0. The van der Waals surface area contributed by atoms with E-state index in [1.54, 1.807) is 25.3 Å². The summed E-state index contributed by atoms with van der Waals surface area (Å²) in [6.45, 7) is 4.68. The van der Waals surface area contributed by atoms with Crippen LogP contribution in [0.5, 0.6) is 11.5 Å². The van der Waals surface area contributed by atoms with Crippen LogP contribution in [0.3, 0.4) is 0 Å². The molecule has 0 aliphatic rings. The fraction of sp³-hybridized carbons (Fsp3) is 0.462. The minimum absolute atomic E-state index is 0.0378. The van der Waals surface area contributed by atoms with Crippen molar-refractivity contribution in [1.82, 2.24) is 0 Å². The van der Waals surface area contributed by atoms with Gasteiger partial charge in [-0.3, -0.25) is 4.79 Å². The van der Waals surface area contributed by atoms with Gasteiger partial charge >= 0.3 is 0 Å². The Bertz CT molecular complexity index is 362. The van der Waals surface area contributed by atoms with Gasteiger partial charge in [-0.25, -0.2) is 0 Å². The van der Waals surface area contributed by atoms with Crippen LogP contribution >= 0.6 is 0 Å². The first kappa shape index (κ1) is 13.5. The van der Waals surface area contributed by atoms with Gasteiger partial charge in [0.2, 0.25) is 0 Å². The smallest absolute Gasteiger partial charge is 0.171 e. The molecule has 0 fully saturated rings. The lowest BCUT2D eigenvalue weighted by atomic mass is 10.2. The normalized spacial score (nSPS) is 11.9. The number of rotatable bonds is 7. The van der Waals surface area contributed by atoms with E-state index in [4.69, 9.17) is 14.2 Å². The molecule has 0 saturated heterocycles. The van der Waals surface area contributed by atoms with Crippen molar-refractivity contribution in [3.05, 3.63) is 23.8 Å². The molecule has 0 saturated carbocycles. The molecule has 0 radical (unpaired) electrons. The Kier molecular flexibility index (Phi) is 5.49. The van der Waals surface area contributed by atoms with Crippen LogP contribution in [0.2, 0.25) is 0 Å². The van der Waals surface area contributed by atoms with Crippen LogP contribution in [0, 0.1) is 0 Å². The third kappa shape index (κ3) is 3.75. The fourth-order valence-corrected chi connectivity index (χ4v) is 1.32. The summed E-state index contributed by atoms with van der Waals surface area (Å²) in [4.78, 5) is 10.9. The van der Waals surface area contributed by atoms with Crippen molar-refractivity contribution in [2.24, 2.45) is 0 Å². The van der Waals surface area contributed by atoms with E-state index in [9.17, 15) is 4.79 Å². The quantitative estimate of drug-likeness (QED) is 0.684. The molecule has 1 rings (SSSR count). The van der Waals surface area contributed by atoms with E-state index in [1.807, 2.05) is 13.8 Å². The lowest BCUT2D eigenvalue weighted by Gasteiger charge is -2.16. The SMILES string of the molecule is CCOc1cccc(C=O)c1OCC(C)OC. The third-order valence-corrected chi connectivity index (χ3v) is 2.30. The van der Waals surface area contributed by atoms with E-state index in [0.29, 0.717) is 30.3 Å². The van der Waals surface area contributed by atoms with Crippen LogP contribution in [0.25, 0.3) is 0 Å². The molecule has 0 spiro atoms. The maximum Gasteiger partial charge on any atom is 0.171 e. The monoisotopic (exact) mass is 238 g/mol. The number of hydrogen-bond acceptors (Lipinski definition) is 4. The predicted octanol–water partition coefficient (Wildman–Crippen LogP) is 2.31. The molecule has 0 amide bonds. The minimum Gasteiger partial charge on any atom is -0.490 e. The number of para-hydroxylation sites is 1. The molecule has 0 aromatic heterocycles. The number of carbonyl (C=O) groups is 1. The first-order chi connectivity index (χ1) is 8.22. The second-order valence-corrected chi connectivity index (χ2v) is 3.58. The molecule has 17 heavy (non-hydrogen) atoms. The molecule has 4 heteroatoms. The molecule has 0 bridgehead atoms. The largest absolute Gasteiger partial charge is 0.490 e. The van der Waals surface area contributed by atoms with Gasteiger partial charge in [0.15, 0.2) is 17.8 Å². The van der Waals surface area contributed by atoms with E-state index in [2.05, 4.69) is 0 Å². The maximum atomic E-state index is 10.9. The summed E-state index contributed by atoms with van der Waals surface area (Å²) in [6.07, 6.45) is 0.721. The van der Waals surface area contributed by atoms with E-state index in [-0.39, 0.29) is 6.10 Å². The Balaban J connectivity index is 2.88. The van der Waals surface area contributed by atoms with Gasteiger partial charge < -0.3 is 14.2 Å². The maximum absolute atomic E-state index is 10.9. The van der Waals surface area contributed by atoms with Crippen molar-refractivity contribution in [3.63, 3.8) is 0 Å². The zero-order valence-electron chi connectivity index (χ0n) is 10.4. The molecular formula is C13H18O4. The van der Waals surface area contributed by atoms with Gasteiger partial charge in [-0.1, -0.05) is 6.07 Å². The second-order valence-electron chi connectivity index (χ2n) is 3.58. The molecule has 1 unspecified atom stereocenters. The Morgan fingerprint density at radius 1 is 1.35 bits per heavy atom. The average Bonchev–Trinajstić information content (AvgIpc) is 2.36. The van der Waals surface area contributed by atoms with Gasteiger partial charge in [0.05, 0.1) is 18.3 Å². The van der Waals surface area contributed by atoms with Crippen molar-refractivity contribution in [2.75, 3.05) is 20.3 Å². The Hall–Kier alpha value is -1.55. The number of aldehydes is 1. The van der Waals surface area contributed by atoms with Crippen LogP contribution in [-0.4, -0.2) is 32.7 Å². The average molecular weight is 238 g/mol. The van der Waals surface area contributed by atoms with Gasteiger partial charge in [-0.2, -0.15) is 0 Å². The zero-order chi connectivity index (χ0) is 12.7. The Morgan fingerprint density at radius 3 is 2.71 bits per heavy atom. The molecule has 1 atom stereocenters. The first-order valence-electron chi connectivity index (χ1n) is 5.59. The van der Waals surface area contributed by atoms with Crippen LogP contribution in [0.4, 0.5) is 0 Å². The van der Waals surface area contributed by atoms with Crippen molar-refractivity contribution >= 4 is 6.29 Å². The minimum atomic E-state index is -0.0378. The van der Waals surface area contributed by atoms with Gasteiger partial charge in [-0.15, -0.1) is 0 Å². The van der Waals surface area contributed by atoms with E-state index in [1.165, 1.54) is 0 Å². The summed E-state index contributed by atoms with van der Waals surface area (Å²) in [7, 11) is 1.61. The summed E-state index contributed by atoms with van der Waals surface area (Å²) in [5.74, 6) is 1.06. The number of hydrogen-bond donors (Lipinski definition) is 0. The highest BCUT2D eigenvalue weighted by molar-refractivity contribution is 5.81. The number of benzene rings is 1. The lowest BCUT2D eigenvalue weighted by Crippen LogP contribution is -2.17. The van der Waals surface area contributed by atoms with Crippen LogP contribution in [0.1, 0.15) is 24.2 Å². The summed E-state index contributed by atoms with van der Waals surface area (Å²) < 4.78 is 16.1. The Morgan fingerprint density at radius 2 is 2.12 bits per heavy atom. The van der Waals surface area contributed by atoms with Gasteiger partial charge in [-0.05, 0) is 26.0 Å². The molecule has 94 valence electrons. The van der Waals surface area contributed by atoms with Crippen molar-refractivity contribution in [3.8, 4) is 11.5 Å². The molecule has 4 nitrogen and oxygen atoms in total. The zero-order valence-corrected chi connectivity index (χ0v) is 10.4. The third-order valence-electron chi connectivity index (χ3n) is 2.30. The highest BCUT2D eigenvalue weighted by Gasteiger charge is 2.11. The number of carbonyl (C=O) groups excluding carboxylic acids is 1. The van der Waals surface area contributed by atoms with Crippen molar-refractivity contribution in [1.29, 1.82) is 0 Å². The molecule has 0 heterocycles. The lowest BCUT2D eigenvalue weighted by molar-refractivity contribution is 0.0698. The first-order valence-corrected chi connectivity index (χ1v) is 5.59. The van der Waals surface area contributed by atoms with Crippen LogP contribution in [-0.2, 0) is 4.74 Å². The highest BCUT2D eigenvalue weighted by Crippen LogP contribution is 2.30. The van der Waals surface area contributed by atoms with Crippen LogP contribution in [0.15, 0.2) is 18.2 Å². The molecule has 1 aromatic carbocycles. The summed E-state index contributed by atoms with van der Waals surface area (Å²) in [6, 6.07) is 5.24. The topological polar surface area (TPSA) is 44.8 Å². The predicted molar refractivity (Wildman–Crippen MR) is 65.0 cm³/mol. The number of ether oxygens (including phenoxy) is 3. The molecule has 0 aliphatic carbocycles. The second kappa shape index (κ2) is 6.91. The van der Waals surface area contributed by atoms with Gasteiger partial charge in [0.1, 0.15) is 6.61 Å². The Labute approximate surface area is 101 Å². The molecule has 1 aromatic rings.